The number of halogens is 3. The van der Waals surface area contributed by atoms with Crippen LogP contribution in [0, 0.1) is 0 Å². The van der Waals surface area contributed by atoms with Crippen LogP contribution in [0.15, 0.2) is 30.6 Å². The van der Waals surface area contributed by atoms with E-state index in [1.165, 1.54) is 17.0 Å². The number of urea groups is 1. The topological polar surface area (TPSA) is 71.5 Å². The maximum absolute atomic E-state index is 13.1. The SMILES string of the molecule is O=C1N(c2cccc(C(F)(F)F)n2)CC[C@@H]2CC[C@H](Oc3cnc(C4CC4)cn3)N12. The quantitative estimate of drug-likeness (QED) is 0.750. The molecule has 2 aromatic rings. The molecule has 2 saturated heterocycles. The number of rotatable bonds is 4. The molecule has 7 nitrogen and oxygen atoms in total. The summed E-state index contributed by atoms with van der Waals surface area (Å²) in [6.45, 7) is 0.316. The number of fused-ring (bicyclic) bond motifs is 1. The Labute approximate surface area is 170 Å². The van der Waals surface area contributed by atoms with E-state index >= 15 is 0 Å². The van der Waals surface area contributed by atoms with Gasteiger partial charge in [0.1, 0.15) is 11.5 Å². The van der Waals surface area contributed by atoms with E-state index in [2.05, 4.69) is 15.0 Å². The van der Waals surface area contributed by atoms with Crippen LogP contribution < -0.4 is 9.64 Å². The molecule has 30 heavy (non-hydrogen) atoms. The third-order valence-electron chi connectivity index (χ3n) is 5.79. The summed E-state index contributed by atoms with van der Waals surface area (Å²) in [6, 6.07) is 3.17. The molecule has 1 saturated carbocycles. The van der Waals surface area contributed by atoms with E-state index < -0.39 is 24.1 Å². The molecule has 3 aliphatic rings. The summed E-state index contributed by atoms with van der Waals surface area (Å²) in [4.78, 5) is 28.4. The first kappa shape index (κ1) is 19.1. The molecule has 0 radical (unpaired) electrons. The third kappa shape index (κ3) is 3.54. The molecule has 0 unspecified atom stereocenters. The van der Waals surface area contributed by atoms with Crippen molar-refractivity contribution >= 4 is 11.8 Å². The van der Waals surface area contributed by atoms with Crippen molar-refractivity contribution in [3.63, 3.8) is 0 Å². The summed E-state index contributed by atoms with van der Waals surface area (Å²) in [5, 5.41) is 0. The van der Waals surface area contributed by atoms with Crippen molar-refractivity contribution in [2.24, 2.45) is 0 Å². The molecule has 0 spiro atoms. The van der Waals surface area contributed by atoms with Crippen LogP contribution in [0.4, 0.5) is 23.8 Å². The maximum Gasteiger partial charge on any atom is 0.433 e. The number of alkyl halides is 3. The van der Waals surface area contributed by atoms with Gasteiger partial charge in [0.05, 0.1) is 18.1 Å². The second-order valence-electron chi connectivity index (χ2n) is 7.87. The first-order valence-electron chi connectivity index (χ1n) is 10.0. The first-order chi connectivity index (χ1) is 14.4. The summed E-state index contributed by atoms with van der Waals surface area (Å²) in [7, 11) is 0. The number of anilines is 1. The van der Waals surface area contributed by atoms with Crippen LogP contribution in [0.3, 0.4) is 0 Å². The maximum atomic E-state index is 13.1. The molecular formula is C20H20F3N5O2. The lowest BCUT2D eigenvalue weighted by atomic mass is 10.1. The predicted molar refractivity (Wildman–Crippen MR) is 99.9 cm³/mol. The highest BCUT2D eigenvalue weighted by Gasteiger charge is 2.45. The highest BCUT2D eigenvalue weighted by atomic mass is 19.4. The third-order valence-corrected chi connectivity index (χ3v) is 5.79. The molecular weight excluding hydrogens is 399 g/mol. The van der Waals surface area contributed by atoms with Gasteiger partial charge in [0.25, 0.3) is 0 Å². The Morgan fingerprint density at radius 3 is 2.57 bits per heavy atom. The number of nitrogens with zero attached hydrogens (tertiary/aromatic N) is 5. The summed E-state index contributed by atoms with van der Waals surface area (Å²) in [5.41, 5.74) is -0.0716. The average Bonchev–Trinajstić information content (AvgIpc) is 3.50. The van der Waals surface area contributed by atoms with Gasteiger partial charge in [0.15, 0.2) is 6.23 Å². The second-order valence-corrected chi connectivity index (χ2v) is 7.87. The van der Waals surface area contributed by atoms with Crippen LogP contribution in [0.2, 0.25) is 0 Å². The predicted octanol–water partition coefficient (Wildman–Crippen LogP) is 3.97. The molecule has 1 aliphatic carbocycles. The van der Waals surface area contributed by atoms with Crippen LogP contribution in [0.5, 0.6) is 5.88 Å². The van der Waals surface area contributed by atoms with Crippen LogP contribution in [-0.2, 0) is 6.18 Å². The fraction of sp³-hybridized carbons (Fsp3) is 0.500. The summed E-state index contributed by atoms with van der Waals surface area (Å²) in [6.07, 6.45) is 2.47. The van der Waals surface area contributed by atoms with E-state index in [1.54, 1.807) is 17.3 Å². The molecule has 10 heteroatoms. The Kier molecular flexibility index (Phi) is 4.52. The zero-order valence-electron chi connectivity index (χ0n) is 16.0. The van der Waals surface area contributed by atoms with E-state index in [4.69, 9.17) is 4.74 Å². The lowest BCUT2D eigenvalue weighted by molar-refractivity contribution is -0.141. The number of amides is 2. The van der Waals surface area contributed by atoms with E-state index in [-0.39, 0.29) is 11.9 Å². The number of ether oxygens (including phenoxy) is 1. The number of carbonyl (C=O) groups excluding carboxylic acids is 1. The zero-order valence-corrected chi connectivity index (χ0v) is 16.0. The molecule has 5 rings (SSSR count). The lowest BCUT2D eigenvalue weighted by Crippen LogP contribution is -2.56. The van der Waals surface area contributed by atoms with Gasteiger partial charge in [-0.1, -0.05) is 6.07 Å². The Morgan fingerprint density at radius 2 is 1.87 bits per heavy atom. The molecule has 0 N–H and O–H groups in total. The van der Waals surface area contributed by atoms with Crippen molar-refractivity contribution in [2.45, 2.75) is 56.5 Å². The van der Waals surface area contributed by atoms with Crippen molar-refractivity contribution in [3.8, 4) is 5.88 Å². The minimum atomic E-state index is -4.57. The van der Waals surface area contributed by atoms with Gasteiger partial charge in [0, 0.05) is 24.9 Å². The van der Waals surface area contributed by atoms with Gasteiger partial charge in [-0.3, -0.25) is 14.8 Å². The van der Waals surface area contributed by atoms with Crippen molar-refractivity contribution in [1.82, 2.24) is 19.9 Å². The standard InChI is InChI=1S/C20H20F3N5O2/c21-20(22,23)15-2-1-3-16(26-15)27-9-8-13-6-7-18(28(13)19(27)29)30-17-11-24-14(10-25-17)12-4-5-12/h1-3,10-13,18H,4-9H2/t13-,18-/m0/s1. The van der Waals surface area contributed by atoms with Crippen LogP contribution in [0.1, 0.15) is 49.4 Å². The normalized spacial score (nSPS) is 24.2. The van der Waals surface area contributed by atoms with E-state index in [0.29, 0.717) is 31.2 Å². The van der Waals surface area contributed by atoms with Gasteiger partial charge < -0.3 is 4.74 Å². The van der Waals surface area contributed by atoms with Crippen LogP contribution in [-0.4, -0.2) is 44.7 Å². The number of hydrogen-bond acceptors (Lipinski definition) is 5. The van der Waals surface area contributed by atoms with Crippen molar-refractivity contribution in [1.29, 1.82) is 0 Å². The van der Waals surface area contributed by atoms with E-state index in [9.17, 15) is 18.0 Å². The molecule has 2 atom stereocenters. The fourth-order valence-corrected chi connectivity index (χ4v) is 4.10. The molecule has 4 heterocycles. The summed E-state index contributed by atoms with van der Waals surface area (Å²) >= 11 is 0. The highest BCUT2D eigenvalue weighted by molar-refractivity contribution is 5.92. The van der Waals surface area contributed by atoms with E-state index in [1.807, 2.05) is 0 Å². The molecule has 2 amide bonds. The monoisotopic (exact) mass is 419 g/mol. The molecule has 3 fully saturated rings. The number of aromatic nitrogens is 3. The first-order valence-corrected chi connectivity index (χ1v) is 10.0. The van der Waals surface area contributed by atoms with Crippen molar-refractivity contribution in [3.05, 3.63) is 42.0 Å². The molecule has 158 valence electrons. The zero-order chi connectivity index (χ0) is 20.9. The minimum Gasteiger partial charge on any atom is -0.452 e. The minimum absolute atomic E-state index is 0.00694. The molecule has 2 aliphatic heterocycles. The summed E-state index contributed by atoms with van der Waals surface area (Å²) in [5.74, 6) is 0.819. The highest BCUT2D eigenvalue weighted by Crippen LogP contribution is 2.39. The average molecular weight is 419 g/mol. The van der Waals surface area contributed by atoms with E-state index in [0.717, 1.165) is 31.0 Å². The van der Waals surface area contributed by atoms with Gasteiger partial charge in [-0.25, -0.2) is 14.8 Å². The number of hydrogen-bond donors (Lipinski definition) is 0. The Hall–Kier alpha value is -2.91. The summed E-state index contributed by atoms with van der Waals surface area (Å²) < 4.78 is 45.0. The van der Waals surface area contributed by atoms with Crippen molar-refractivity contribution < 1.29 is 22.7 Å². The van der Waals surface area contributed by atoms with Gasteiger partial charge in [0.2, 0.25) is 5.88 Å². The fourth-order valence-electron chi connectivity index (χ4n) is 4.10. The van der Waals surface area contributed by atoms with Crippen LogP contribution in [0.25, 0.3) is 0 Å². The smallest absolute Gasteiger partial charge is 0.433 e. The Bertz CT molecular complexity index is 948. The van der Waals surface area contributed by atoms with Crippen LogP contribution >= 0.6 is 0 Å². The molecule has 0 bridgehead atoms. The molecule has 2 aromatic heterocycles. The second kappa shape index (κ2) is 7.10. The largest absolute Gasteiger partial charge is 0.452 e. The lowest BCUT2D eigenvalue weighted by Gasteiger charge is -2.39. The number of pyridine rings is 1. The van der Waals surface area contributed by atoms with Crippen molar-refractivity contribution in [2.75, 3.05) is 11.4 Å². The van der Waals surface area contributed by atoms with Gasteiger partial charge in [-0.05, 0) is 37.8 Å². The van der Waals surface area contributed by atoms with Gasteiger partial charge >= 0.3 is 12.2 Å². The molecule has 0 aromatic carbocycles. The Balaban J connectivity index is 1.34. The Morgan fingerprint density at radius 1 is 1.03 bits per heavy atom. The number of carbonyl (C=O) groups is 1. The van der Waals surface area contributed by atoms with Gasteiger partial charge in [-0.2, -0.15) is 13.2 Å². The van der Waals surface area contributed by atoms with Gasteiger partial charge in [-0.15, -0.1) is 0 Å².